The number of esters is 1. The predicted molar refractivity (Wildman–Crippen MR) is 153 cm³/mol. The Kier molecular flexibility index (Phi) is 9.46. The second kappa shape index (κ2) is 13.0. The van der Waals surface area contributed by atoms with Crippen LogP contribution < -0.4 is 15.0 Å². The largest absolute Gasteiger partial charge is 0.497 e. The summed E-state index contributed by atoms with van der Waals surface area (Å²) < 4.78 is 16.3. The zero-order valence-electron chi connectivity index (χ0n) is 23.7. The third-order valence-corrected chi connectivity index (χ3v) is 7.65. The van der Waals surface area contributed by atoms with Crippen molar-refractivity contribution < 1.29 is 23.8 Å². The Morgan fingerprint density at radius 3 is 2.23 bits per heavy atom. The topological polar surface area (TPSA) is 77.1 Å². The fourth-order valence-electron chi connectivity index (χ4n) is 5.64. The lowest BCUT2D eigenvalue weighted by Crippen LogP contribution is -2.36. The van der Waals surface area contributed by atoms with Crippen LogP contribution in [0.15, 0.2) is 71.1 Å². The lowest BCUT2D eigenvalue weighted by atomic mass is 9.71. The van der Waals surface area contributed by atoms with Crippen LogP contribution in [0.2, 0.25) is 0 Å². The quantitative estimate of drug-likeness (QED) is 0.303. The number of anilines is 1. The van der Waals surface area contributed by atoms with Crippen molar-refractivity contribution in [3.05, 3.63) is 82.2 Å². The van der Waals surface area contributed by atoms with Crippen LogP contribution in [0.1, 0.15) is 63.5 Å². The molecule has 1 aliphatic carbocycles. The molecule has 0 saturated carbocycles. The molecule has 2 aromatic rings. The molecule has 2 aliphatic rings. The highest BCUT2D eigenvalue weighted by molar-refractivity contribution is 6.04. The molecule has 0 saturated heterocycles. The number of nitrogens with one attached hydrogen (secondary N) is 1. The van der Waals surface area contributed by atoms with Gasteiger partial charge in [0.05, 0.1) is 19.3 Å². The summed E-state index contributed by atoms with van der Waals surface area (Å²) >= 11 is 0. The number of rotatable bonds is 11. The lowest BCUT2D eigenvalue weighted by molar-refractivity contribution is -0.140. The van der Waals surface area contributed by atoms with Gasteiger partial charge in [0.15, 0.2) is 5.78 Å². The number of dihydropyridines is 1. The van der Waals surface area contributed by atoms with Gasteiger partial charge in [-0.3, -0.25) is 4.79 Å². The Morgan fingerprint density at radius 2 is 1.62 bits per heavy atom. The Bertz CT molecular complexity index is 1230. The van der Waals surface area contributed by atoms with Gasteiger partial charge in [-0.05, 0) is 75.4 Å². The number of Topliss-reactive ketones (excluding diaryl/α,β-unsaturated/α-hetero) is 1. The summed E-state index contributed by atoms with van der Waals surface area (Å²) in [6.07, 6.45) is 1.07. The number of hydrogen-bond acceptors (Lipinski definition) is 7. The summed E-state index contributed by atoms with van der Waals surface area (Å²) in [4.78, 5) is 29.5. The highest BCUT2D eigenvalue weighted by Gasteiger charge is 2.41. The molecule has 208 valence electrons. The average Bonchev–Trinajstić information content (AvgIpc) is 2.95. The van der Waals surface area contributed by atoms with Crippen molar-refractivity contribution in [2.24, 2.45) is 0 Å². The summed E-state index contributed by atoms with van der Waals surface area (Å²) in [5, 5.41) is 3.42. The van der Waals surface area contributed by atoms with E-state index >= 15 is 0 Å². The molecule has 2 aromatic carbocycles. The van der Waals surface area contributed by atoms with E-state index in [-0.39, 0.29) is 18.3 Å². The molecule has 1 heterocycles. The van der Waals surface area contributed by atoms with Gasteiger partial charge in [0.25, 0.3) is 0 Å². The Balaban J connectivity index is 1.70. The van der Waals surface area contributed by atoms with Gasteiger partial charge in [-0.1, -0.05) is 24.3 Å². The molecule has 7 nitrogen and oxygen atoms in total. The van der Waals surface area contributed by atoms with Gasteiger partial charge in [0, 0.05) is 54.7 Å². The van der Waals surface area contributed by atoms with E-state index in [1.807, 2.05) is 50.2 Å². The molecule has 0 spiro atoms. The van der Waals surface area contributed by atoms with E-state index in [4.69, 9.17) is 14.2 Å². The SMILES string of the molecule is CCOCCOC(=O)C1=C(C)NC2=C(C(=O)C[C@@H](c3ccc(OC)cc3)C2)[C@@H]1c1ccc(N(CC)CC)cc1. The van der Waals surface area contributed by atoms with Crippen LogP contribution in [0, 0.1) is 0 Å². The van der Waals surface area contributed by atoms with E-state index in [1.165, 1.54) is 0 Å². The molecule has 0 bridgehead atoms. The number of nitrogens with zero attached hydrogens (tertiary/aromatic N) is 1. The zero-order valence-corrected chi connectivity index (χ0v) is 23.7. The first-order valence-corrected chi connectivity index (χ1v) is 13.9. The van der Waals surface area contributed by atoms with Gasteiger partial charge in [0.2, 0.25) is 0 Å². The van der Waals surface area contributed by atoms with Crippen LogP contribution >= 0.6 is 0 Å². The molecule has 4 rings (SSSR count). The van der Waals surface area contributed by atoms with E-state index in [1.54, 1.807) is 7.11 Å². The van der Waals surface area contributed by atoms with Crippen molar-refractivity contribution in [1.29, 1.82) is 0 Å². The van der Waals surface area contributed by atoms with Crippen molar-refractivity contribution >= 4 is 17.4 Å². The van der Waals surface area contributed by atoms with Crippen LogP contribution in [0.5, 0.6) is 5.75 Å². The maximum absolute atomic E-state index is 13.8. The molecule has 0 amide bonds. The fraction of sp³-hybridized carbons (Fsp3) is 0.438. The van der Waals surface area contributed by atoms with Gasteiger partial charge in [-0.2, -0.15) is 0 Å². The van der Waals surface area contributed by atoms with Crippen molar-refractivity contribution in [2.75, 3.05) is 44.9 Å². The van der Waals surface area contributed by atoms with Gasteiger partial charge in [0.1, 0.15) is 12.4 Å². The van der Waals surface area contributed by atoms with Crippen LogP contribution in [-0.2, 0) is 19.1 Å². The van der Waals surface area contributed by atoms with Crippen molar-refractivity contribution in [1.82, 2.24) is 5.32 Å². The second-order valence-electron chi connectivity index (χ2n) is 9.89. The highest BCUT2D eigenvalue weighted by atomic mass is 16.6. The molecular weight excluding hydrogens is 492 g/mol. The molecule has 0 unspecified atom stereocenters. The van der Waals surface area contributed by atoms with E-state index < -0.39 is 11.9 Å². The van der Waals surface area contributed by atoms with Crippen molar-refractivity contribution in [3.63, 3.8) is 0 Å². The Morgan fingerprint density at radius 1 is 0.949 bits per heavy atom. The molecule has 1 aliphatic heterocycles. The van der Waals surface area contributed by atoms with E-state index in [0.717, 1.165) is 47.0 Å². The summed E-state index contributed by atoms with van der Waals surface area (Å²) in [5.41, 5.74) is 5.87. The summed E-state index contributed by atoms with van der Waals surface area (Å²) in [5.74, 6) is -0.0246. The molecule has 39 heavy (non-hydrogen) atoms. The molecule has 1 N–H and O–H groups in total. The smallest absolute Gasteiger partial charge is 0.336 e. The van der Waals surface area contributed by atoms with Crippen molar-refractivity contribution in [3.8, 4) is 5.75 Å². The zero-order chi connectivity index (χ0) is 27.9. The minimum absolute atomic E-state index is 0.0489. The maximum atomic E-state index is 13.8. The Hall–Kier alpha value is -3.58. The molecule has 7 heteroatoms. The van der Waals surface area contributed by atoms with Gasteiger partial charge in [-0.25, -0.2) is 4.79 Å². The number of ether oxygens (including phenoxy) is 3. The predicted octanol–water partition coefficient (Wildman–Crippen LogP) is 5.48. The monoisotopic (exact) mass is 532 g/mol. The minimum atomic E-state index is -0.490. The number of benzene rings is 2. The van der Waals surface area contributed by atoms with Crippen molar-refractivity contribution in [2.45, 2.75) is 52.4 Å². The molecule has 2 atom stereocenters. The number of ketones is 1. The normalized spacial score (nSPS) is 18.9. The summed E-state index contributed by atoms with van der Waals surface area (Å²) in [6, 6.07) is 16.1. The molecule has 0 fully saturated rings. The first-order chi connectivity index (χ1) is 18.9. The van der Waals surface area contributed by atoms with Crippen LogP contribution in [0.3, 0.4) is 0 Å². The van der Waals surface area contributed by atoms with E-state index in [9.17, 15) is 9.59 Å². The van der Waals surface area contributed by atoms with Crippen LogP contribution in [0.4, 0.5) is 5.69 Å². The third-order valence-electron chi connectivity index (χ3n) is 7.65. The van der Waals surface area contributed by atoms with Gasteiger partial charge >= 0.3 is 5.97 Å². The number of methoxy groups -OCH3 is 1. The fourth-order valence-corrected chi connectivity index (χ4v) is 5.64. The van der Waals surface area contributed by atoms with E-state index in [2.05, 4.69) is 36.2 Å². The number of carbonyl (C=O) groups is 2. The Labute approximate surface area is 231 Å². The third kappa shape index (κ3) is 6.19. The van der Waals surface area contributed by atoms with Crippen LogP contribution in [-0.4, -0.2) is 51.8 Å². The first-order valence-electron chi connectivity index (χ1n) is 13.9. The highest BCUT2D eigenvalue weighted by Crippen LogP contribution is 2.46. The molecule has 0 aromatic heterocycles. The van der Waals surface area contributed by atoms with Gasteiger partial charge in [-0.15, -0.1) is 0 Å². The van der Waals surface area contributed by atoms with Crippen LogP contribution in [0.25, 0.3) is 0 Å². The standard InChI is InChI=1S/C32H40N2O5/c1-6-34(7-2)25-13-9-23(10-14-25)30-29(32(36)39-18-17-38-8-3)21(4)33-27-19-24(20-28(35)31(27)30)22-11-15-26(37-5)16-12-22/h9-16,24,30,33H,6-8,17-20H2,1-5H3/t24-,30+/m0/s1. The second-order valence-corrected chi connectivity index (χ2v) is 9.89. The molecular formula is C32H40N2O5. The number of allylic oxidation sites excluding steroid dienone is 3. The number of carbonyl (C=O) groups excluding carboxylic acids is 2. The minimum Gasteiger partial charge on any atom is -0.497 e. The summed E-state index contributed by atoms with van der Waals surface area (Å²) in [6.45, 7) is 10.9. The number of hydrogen-bond donors (Lipinski definition) is 1. The van der Waals surface area contributed by atoms with Gasteiger partial charge < -0.3 is 24.4 Å². The molecule has 0 radical (unpaired) electrons. The first kappa shape index (κ1) is 28.4. The maximum Gasteiger partial charge on any atom is 0.336 e. The summed E-state index contributed by atoms with van der Waals surface area (Å²) in [7, 11) is 1.64. The lowest BCUT2D eigenvalue weighted by Gasteiger charge is -2.37. The van der Waals surface area contributed by atoms with E-state index in [0.29, 0.717) is 37.2 Å². The average molecular weight is 533 g/mol.